The average Bonchev–Trinajstić information content (AvgIpc) is 3.01. The van der Waals surface area contributed by atoms with E-state index in [-0.39, 0.29) is 0 Å². The van der Waals surface area contributed by atoms with E-state index in [0.29, 0.717) is 0 Å². The molecule has 0 nitrogen and oxygen atoms in total. The van der Waals surface area contributed by atoms with Crippen LogP contribution in [0.2, 0.25) is 0 Å². The van der Waals surface area contributed by atoms with Crippen LogP contribution in [0.25, 0.3) is 0 Å². The van der Waals surface area contributed by atoms with Crippen LogP contribution >= 0.6 is 24.4 Å². The highest BCUT2D eigenvalue weighted by molar-refractivity contribution is 7.82. The van der Waals surface area contributed by atoms with Crippen molar-refractivity contribution in [3.63, 3.8) is 0 Å². The standard InChI is InChI=1S/C36H28P3/c1-5-17-29(18-6-1)38(30-19-7-2-8-20-30)35-27-15-13-25-33(35)37-34-26-14-16-28-36(34)39(31-21-9-3-10-22-31)32-23-11-4-12-24-32/h1-28H. The van der Waals surface area contributed by atoms with Crippen LogP contribution in [-0.2, 0) is 0 Å². The first-order valence-electron chi connectivity index (χ1n) is 13.1. The first kappa shape index (κ1) is 25.9. The Labute approximate surface area is 236 Å². The molecule has 39 heavy (non-hydrogen) atoms. The maximum atomic E-state index is 2.34. The molecule has 0 bridgehead atoms. The number of hydrogen-bond acceptors (Lipinski definition) is 0. The predicted octanol–water partition coefficient (Wildman–Crippen LogP) is 6.10. The quantitative estimate of drug-likeness (QED) is 0.200. The van der Waals surface area contributed by atoms with E-state index >= 15 is 0 Å². The molecule has 0 amide bonds. The SMILES string of the molecule is c1ccc(P(c2ccccc2)c2ccccc2[P]c2ccccc2P(c2ccccc2)c2ccccc2)cc1. The molecule has 0 saturated carbocycles. The lowest BCUT2D eigenvalue weighted by atomic mass is 10.3. The summed E-state index contributed by atoms with van der Waals surface area (Å²) >= 11 is 0. The highest BCUT2D eigenvalue weighted by Gasteiger charge is 2.23. The minimum absolute atomic E-state index is 0.677. The summed E-state index contributed by atoms with van der Waals surface area (Å²) in [4.78, 5) is 0. The van der Waals surface area contributed by atoms with Crippen molar-refractivity contribution in [3.05, 3.63) is 170 Å². The molecule has 0 N–H and O–H groups in total. The molecular weight excluding hydrogens is 525 g/mol. The van der Waals surface area contributed by atoms with Crippen molar-refractivity contribution in [2.24, 2.45) is 0 Å². The van der Waals surface area contributed by atoms with E-state index in [2.05, 4.69) is 170 Å². The molecular formula is C36H28P3. The third-order valence-corrected chi connectivity index (χ3v) is 13.2. The Balaban J connectivity index is 1.46. The van der Waals surface area contributed by atoms with Crippen LogP contribution in [0.15, 0.2) is 170 Å². The highest BCUT2D eigenvalue weighted by atomic mass is 31.1. The van der Waals surface area contributed by atoms with Gasteiger partial charge in [0.25, 0.3) is 0 Å². The van der Waals surface area contributed by atoms with Crippen molar-refractivity contribution < 1.29 is 0 Å². The molecule has 3 heteroatoms. The molecule has 0 unspecified atom stereocenters. The summed E-state index contributed by atoms with van der Waals surface area (Å²) in [6.07, 6.45) is 0. The second kappa shape index (κ2) is 12.6. The molecule has 0 aliphatic heterocycles. The Hall–Kier alpha value is -3.39. The first-order valence-corrected chi connectivity index (χ1v) is 16.7. The Morgan fingerprint density at radius 1 is 0.282 bits per heavy atom. The van der Waals surface area contributed by atoms with E-state index in [1.807, 2.05) is 0 Å². The smallest absolute Gasteiger partial charge is 0.00627 e. The molecule has 0 heterocycles. The van der Waals surface area contributed by atoms with Crippen molar-refractivity contribution in [2.45, 2.75) is 0 Å². The fraction of sp³-hybridized carbons (Fsp3) is 0. The van der Waals surface area contributed by atoms with Gasteiger partial charge in [0.2, 0.25) is 0 Å². The van der Waals surface area contributed by atoms with Crippen molar-refractivity contribution in [1.82, 2.24) is 0 Å². The Morgan fingerprint density at radius 2 is 0.538 bits per heavy atom. The lowest BCUT2D eigenvalue weighted by molar-refractivity contribution is 1.74. The van der Waals surface area contributed by atoms with Gasteiger partial charge in [-0.25, -0.2) is 0 Å². The molecule has 0 spiro atoms. The van der Waals surface area contributed by atoms with Gasteiger partial charge in [-0.05, 0) is 66.9 Å². The maximum Gasteiger partial charge on any atom is -0.00627 e. The van der Waals surface area contributed by atoms with E-state index in [0.717, 1.165) is 0 Å². The second-order valence-electron chi connectivity index (χ2n) is 9.10. The Bertz CT molecular complexity index is 1410. The molecule has 0 aliphatic rings. The molecule has 6 aromatic rings. The van der Waals surface area contributed by atoms with Crippen molar-refractivity contribution in [2.75, 3.05) is 0 Å². The van der Waals surface area contributed by atoms with E-state index in [9.17, 15) is 0 Å². The van der Waals surface area contributed by atoms with Crippen molar-refractivity contribution in [1.29, 1.82) is 0 Å². The van der Waals surface area contributed by atoms with Gasteiger partial charge >= 0.3 is 0 Å². The van der Waals surface area contributed by atoms with Gasteiger partial charge in [0.15, 0.2) is 0 Å². The van der Waals surface area contributed by atoms with Gasteiger partial charge in [-0.3, -0.25) is 0 Å². The largest absolute Gasteiger partial charge is 0.0622 e. The second-order valence-corrected chi connectivity index (χ2v) is 14.7. The minimum atomic E-state index is -0.677. The fourth-order valence-corrected chi connectivity index (χ4v) is 11.3. The summed E-state index contributed by atoms with van der Waals surface area (Å²) in [5.74, 6) is 0. The van der Waals surface area contributed by atoms with Gasteiger partial charge in [0.05, 0.1) is 0 Å². The van der Waals surface area contributed by atoms with Gasteiger partial charge in [-0.1, -0.05) is 170 Å². The Kier molecular flexibility index (Phi) is 8.38. The Morgan fingerprint density at radius 3 is 0.846 bits per heavy atom. The van der Waals surface area contributed by atoms with Gasteiger partial charge in [-0.15, -0.1) is 0 Å². The molecule has 0 aliphatic carbocycles. The van der Waals surface area contributed by atoms with Gasteiger partial charge in [0.1, 0.15) is 0 Å². The summed E-state index contributed by atoms with van der Waals surface area (Å²) in [5.41, 5.74) is 0. The lowest BCUT2D eigenvalue weighted by Crippen LogP contribution is -2.33. The van der Waals surface area contributed by atoms with E-state index < -0.39 is 15.8 Å². The molecule has 0 aromatic heterocycles. The predicted molar refractivity (Wildman–Crippen MR) is 176 cm³/mol. The average molecular weight is 554 g/mol. The third kappa shape index (κ3) is 5.96. The monoisotopic (exact) mass is 553 g/mol. The van der Waals surface area contributed by atoms with Crippen LogP contribution < -0.4 is 42.4 Å². The normalized spacial score (nSPS) is 11.1. The van der Waals surface area contributed by atoms with E-state index in [4.69, 9.17) is 0 Å². The molecule has 6 aromatic carbocycles. The minimum Gasteiger partial charge on any atom is -0.0622 e. The summed E-state index contributed by atoms with van der Waals surface area (Å²) < 4.78 is 0. The summed E-state index contributed by atoms with van der Waals surface area (Å²) in [6.45, 7) is 0. The molecule has 0 atom stereocenters. The van der Waals surface area contributed by atoms with Crippen LogP contribution in [0, 0.1) is 0 Å². The van der Waals surface area contributed by atoms with Gasteiger partial charge < -0.3 is 0 Å². The topological polar surface area (TPSA) is 0 Å². The van der Waals surface area contributed by atoms with Crippen LogP contribution in [0.5, 0.6) is 0 Å². The zero-order valence-corrected chi connectivity index (χ0v) is 24.2. The third-order valence-electron chi connectivity index (χ3n) is 6.54. The van der Waals surface area contributed by atoms with Crippen LogP contribution in [0.1, 0.15) is 0 Å². The zero-order chi connectivity index (χ0) is 26.3. The number of benzene rings is 6. The lowest BCUT2D eigenvalue weighted by Gasteiger charge is -2.24. The molecule has 6 rings (SSSR count). The van der Waals surface area contributed by atoms with Gasteiger partial charge in [-0.2, -0.15) is 0 Å². The van der Waals surface area contributed by atoms with Crippen molar-refractivity contribution in [3.8, 4) is 0 Å². The fourth-order valence-electron chi connectivity index (χ4n) is 4.79. The van der Waals surface area contributed by atoms with Crippen molar-refractivity contribution >= 4 is 66.9 Å². The number of hydrogen-bond donors (Lipinski definition) is 0. The van der Waals surface area contributed by atoms with Crippen LogP contribution in [0.4, 0.5) is 0 Å². The summed E-state index contributed by atoms with van der Waals surface area (Å²) in [6, 6.07) is 62.1. The molecule has 1 radical (unpaired) electrons. The summed E-state index contributed by atoms with van der Waals surface area (Å²) in [7, 11) is -0.114. The molecule has 0 fully saturated rings. The van der Waals surface area contributed by atoms with E-state index in [1.165, 1.54) is 51.0 Å². The van der Waals surface area contributed by atoms with Crippen LogP contribution in [-0.4, -0.2) is 0 Å². The summed E-state index contributed by atoms with van der Waals surface area (Å²) in [5, 5.41) is 11.1. The van der Waals surface area contributed by atoms with E-state index in [1.54, 1.807) is 0 Å². The zero-order valence-electron chi connectivity index (χ0n) is 21.5. The molecule has 0 saturated heterocycles. The van der Waals surface area contributed by atoms with Gasteiger partial charge in [0, 0.05) is 0 Å². The maximum absolute atomic E-state index is 2.34. The number of rotatable bonds is 8. The first-order chi connectivity index (χ1) is 19.4. The highest BCUT2D eigenvalue weighted by Crippen LogP contribution is 2.36. The van der Waals surface area contributed by atoms with Crippen LogP contribution in [0.3, 0.4) is 0 Å². The molecule has 187 valence electrons.